The Hall–Kier alpha value is -1.12. The van der Waals surface area contributed by atoms with Gasteiger partial charge in [0, 0.05) is 5.41 Å². The molecule has 2 saturated carbocycles. The predicted molar refractivity (Wildman–Crippen MR) is 133 cm³/mol. The largest absolute Gasteiger partial charge is 0.544 e. The average Bonchev–Trinajstić information content (AvgIpc) is 2.95. The Morgan fingerprint density at radius 3 is 2.42 bits per heavy atom. The SMILES string of the molecule is CO/N=C1\CC[C@H]2[C@@H]3C(O[Si](C)(C)C)Cc4cc(O[Si](C)(C)C)ccc4[C@H]3CC[C@]12C. The van der Waals surface area contributed by atoms with E-state index in [0.29, 0.717) is 17.8 Å². The van der Waals surface area contributed by atoms with Gasteiger partial charge in [0.15, 0.2) is 8.32 Å². The zero-order chi connectivity index (χ0) is 22.6. The Balaban J connectivity index is 1.73. The van der Waals surface area contributed by atoms with Crippen molar-refractivity contribution in [3.8, 4) is 5.75 Å². The molecule has 1 unspecified atom stereocenters. The van der Waals surface area contributed by atoms with Gasteiger partial charge in [-0.2, -0.15) is 0 Å². The van der Waals surface area contributed by atoms with E-state index in [0.717, 1.165) is 18.6 Å². The minimum Gasteiger partial charge on any atom is -0.544 e. The van der Waals surface area contributed by atoms with E-state index in [9.17, 15) is 0 Å². The molecular formula is C25H41NO3Si2. The van der Waals surface area contributed by atoms with Gasteiger partial charge >= 0.3 is 0 Å². The second-order valence-electron chi connectivity index (χ2n) is 12.1. The van der Waals surface area contributed by atoms with E-state index in [1.165, 1.54) is 30.5 Å². The average molecular weight is 460 g/mol. The van der Waals surface area contributed by atoms with Crippen LogP contribution in [-0.2, 0) is 15.7 Å². The molecule has 5 atom stereocenters. The molecule has 0 saturated heterocycles. The van der Waals surface area contributed by atoms with Gasteiger partial charge in [-0.25, -0.2) is 0 Å². The van der Waals surface area contributed by atoms with Crippen LogP contribution in [0.3, 0.4) is 0 Å². The molecule has 0 heterocycles. The van der Waals surface area contributed by atoms with Crippen LogP contribution in [-0.4, -0.2) is 35.6 Å². The quantitative estimate of drug-likeness (QED) is 0.368. The molecule has 3 aliphatic carbocycles. The number of hydrogen-bond acceptors (Lipinski definition) is 4. The van der Waals surface area contributed by atoms with Crippen LogP contribution in [0, 0.1) is 17.3 Å². The lowest BCUT2D eigenvalue weighted by Crippen LogP contribution is -2.51. The maximum atomic E-state index is 6.93. The van der Waals surface area contributed by atoms with Crippen molar-refractivity contribution in [1.29, 1.82) is 0 Å². The van der Waals surface area contributed by atoms with Crippen LogP contribution in [0.25, 0.3) is 0 Å². The minimum absolute atomic E-state index is 0.149. The van der Waals surface area contributed by atoms with E-state index < -0.39 is 16.6 Å². The summed E-state index contributed by atoms with van der Waals surface area (Å²) in [6, 6.07) is 6.91. The summed E-state index contributed by atoms with van der Waals surface area (Å²) in [6.45, 7) is 16.2. The highest BCUT2D eigenvalue weighted by molar-refractivity contribution is 6.70. The Labute approximate surface area is 191 Å². The number of nitrogens with zero attached hydrogens (tertiary/aromatic N) is 1. The van der Waals surface area contributed by atoms with Crippen LogP contribution in [0.1, 0.15) is 49.7 Å². The predicted octanol–water partition coefficient (Wildman–Crippen LogP) is 6.59. The monoisotopic (exact) mass is 459 g/mol. The third kappa shape index (κ3) is 4.53. The summed E-state index contributed by atoms with van der Waals surface area (Å²) >= 11 is 0. The normalized spacial score (nSPS) is 34.1. The van der Waals surface area contributed by atoms with Gasteiger partial charge < -0.3 is 13.7 Å². The summed E-state index contributed by atoms with van der Waals surface area (Å²) in [5, 5.41) is 4.48. The first-order valence-corrected chi connectivity index (χ1v) is 18.8. The maximum absolute atomic E-state index is 6.93. The number of hydrogen-bond donors (Lipinski definition) is 0. The fraction of sp³-hybridized carbons (Fsp3) is 0.720. The molecule has 6 heteroatoms. The highest BCUT2D eigenvalue weighted by Crippen LogP contribution is 2.60. The number of rotatable bonds is 5. The van der Waals surface area contributed by atoms with Crippen LogP contribution in [0.15, 0.2) is 23.4 Å². The fourth-order valence-electron chi connectivity index (χ4n) is 6.59. The molecule has 4 rings (SSSR count). The van der Waals surface area contributed by atoms with Crippen molar-refractivity contribution in [3.05, 3.63) is 29.3 Å². The van der Waals surface area contributed by atoms with Gasteiger partial charge in [0.25, 0.3) is 0 Å². The third-order valence-corrected chi connectivity index (χ3v) is 9.43. The van der Waals surface area contributed by atoms with Crippen LogP contribution in [0.4, 0.5) is 0 Å². The molecule has 1 aromatic rings. The molecule has 172 valence electrons. The first kappa shape index (κ1) is 23.1. The Kier molecular flexibility index (Phi) is 5.97. The number of benzene rings is 1. The Morgan fingerprint density at radius 2 is 1.77 bits per heavy atom. The van der Waals surface area contributed by atoms with E-state index in [1.54, 1.807) is 12.7 Å². The van der Waals surface area contributed by atoms with E-state index in [-0.39, 0.29) is 11.5 Å². The Bertz CT molecular complexity index is 857. The van der Waals surface area contributed by atoms with E-state index in [1.807, 2.05) is 0 Å². The van der Waals surface area contributed by atoms with Crippen molar-refractivity contribution in [2.75, 3.05) is 7.11 Å². The van der Waals surface area contributed by atoms with Crippen molar-refractivity contribution in [1.82, 2.24) is 0 Å². The molecule has 0 bridgehead atoms. The molecular weight excluding hydrogens is 418 g/mol. The smallest absolute Gasteiger partial charge is 0.242 e. The number of oxime groups is 1. The summed E-state index contributed by atoms with van der Waals surface area (Å²) in [6.07, 6.45) is 5.96. The molecule has 3 aliphatic rings. The topological polar surface area (TPSA) is 40.0 Å². The molecule has 31 heavy (non-hydrogen) atoms. The molecule has 0 aliphatic heterocycles. The van der Waals surface area contributed by atoms with Crippen LogP contribution in [0.5, 0.6) is 5.75 Å². The second kappa shape index (κ2) is 8.03. The van der Waals surface area contributed by atoms with Crippen molar-refractivity contribution in [2.45, 2.75) is 90.3 Å². The van der Waals surface area contributed by atoms with Crippen LogP contribution >= 0.6 is 0 Å². The first-order valence-electron chi connectivity index (χ1n) is 12.0. The summed E-state index contributed by atoms with van der Waals surface area (Å²) in [4.78, 5) is 5.25. The van der Waals surface area contributed by atoms with E-state index in [2.05, 4.69) is 69.6 Å². The lowest BCUT2D eigenvalue weighted by molar-refractivity contribution is -0.000308. The van der Waals surface area contributed by atoms with E-state index in [4.69, 9.17) is 13.7 Å². The van der Waals surface area contributed by atoms with E-state index >= 15 is 0 Å². The molecule has 0 aromatic heterocycles. The summed E-state index contributed by atoms with van der Waals surface area (Å²) in [5.74, 6) is 2.80. The molecule has 2 fully saturated rings. The zero-order valence-corrected chi connectivity index (χ0v) is 22.7. The molecule has 0 radical (unpaired) electrons. The van der Waals surface area contributed by atoms with Crippen molar-refractivity contribution >= 4 is 22.3 Å². The first-order chi connectivity index (χ1) is 14.4. The summed E-state index contributed by atoms with van der Waals surface area (Å²) in [5.41, 5.74) is 4.42. The number of fused-ring (bicyclic) bond motifs is 5. The lowest BCUT2D eigenvalue weighted by atomic mass is 9.54. The molecule has 1 aromatic carbocycles. The lowest BCUT2D eigenvalue weighted by Gasteiger charge is -2.52. The maximum Gasteiger partial charge on any atom is 0.242 e. The van der Waals surface area contributed by atoms with Crippen molar-refractivity contribution in [2.24, 2.45) is 22.4 Å². The van der Waals surface area contributed by atoms with Crippen LogP contribution < -0.4 is 4.43 Å². The van der Waals surface area contributed by atoms with Gasteiger partial charge in [-0.3, -0.25) is 0 Å². The van der Waals surface area contributed by atoms with Gasteiger partial charge in [-0.05, 0) is 112 Å². The molecule has 4 nitrogen and oxygen atoms in total. The molecule has 0 spiro atoms. The minimum atomic E-state index is -1.67. The molecule has 0 N–H and O–H groups in total. The van der Waals surface area contributed by atoms with Gasteiger partial charge in [-0.15, -0.1) is 0 Å². The summed E-state index contributed by atoms with van der Waals surface area (Å²) < 4.78 is 13.3. The third-order valence-electron chi connectivity index (χ3n) is 7.57. The van der Waals surface area contributed by atoms with Gasteiger partial charge in [0.2, 0.25) is 8.32 Å². The van der Waals surface area contributed by atoms with Crippen molar-refractivity contribution in [3.63, 3.8) is 0 Å². The fourth-order valence-corrected chi connectivity index (χ4v) is 8.57. The van der Waals surface area contributed by atoms with Gasteiger partial charge in [0.1, 0.15) is 12.9 Å². The standard InChI is InChI=1S/C25H41NO3Si2/c1-25-14-13-20-19-10-9-18(28-30(3,4)5)15-17(19)16-22(29-31(6,7)8)24(20)21(25)11-12-23(25)26-27-2/h9-10,15,20-22,24H,11-14,16H2,1-8H3/b26-23+/t20-,21+,22?,24-,25+/m1/s1. The highest BCUT2D eigenvalue weighted by Gasteiger charge is 2.57. The highest BCUT2D eigenvalue weighted by atomic mass is 28.4. The van der Waals surface area contributed by atoms with Crippen LogP contribution in [0.2, 0.25) is 39.3 Å². The molecule has 0 amide bonds. The zero-order valence-electron chi connectivity index (χ0n) is 20.7. The Morgan fingerprint density at radius 1 is 1.03 bits per heavy atom. The summed E-state index contributed by atoms with van der Waals surface area (Å²) in [7, 11) is -1.62. The van der Waals surface area contributed by atoms with Gasteiger partial charge in [-0.1, -0.05) is 18.1 Å². The van der Waals surface area contributed by atoms with Crippen molar-refractivity contribution < 1.29 is 13.7 Å². The van der Waals surface area contributed by atoms with Gasteiger partial charge in [0.05, 0.1) is 11.8 Å². The second-order valence-corrected chi connectivity index (χ2v) is 20.9.